The molecule has 1 unspecified atom stereocenters. The number of amides is 2. The molecule has 1 aliphatic rings. The van der Waals surface area contributed by atoms with Crippen LogP contribution in [0.15, 0.2) is 49.1 Å². The van der Waals surface area contributed by atoms with Crippen LogP contribution in [0.2, 0.25) is 5.02 Å². The van der Waals surface area contributed by atoms with Crippen molar-refractivity contribution in [2.45, 2.75) is 13.3 Å². The van der Waals surface area contributed by atoms with E-state index in [1.54, 1.807) is 37.3 Å². The Hall–Kier alpha value is -3.26. The number of nitrogens with zero attached hydrogens (tertiary/aromatic N) is 4. The molecular formula is C20H17ClFN5O2. The molecule has 7 nitrogen and oxygen atoms in total. The van der Waals surface area contributed by atoms with Crippen molar-refractivity contribution in [3.63, 3.8) is 0 Å². The third-order valence-electron chi connectivity index (χ3n) is 4.84. The molecule has 148 valence electrons. The van der Waals surface area contributed by atoms with E-state index >= 15 is 0 Å². The SMILES string of the molecule is Cc1ccc(N2CC(C(=O)Nc3cc(Cl)ccc3-n3cncn3)CC2=O)cc1F. The molecule has 2 aromatic carbocycles. The number of carbonyl (C=O) groups is 2. The van der Waals surface area contributed by atoms with Gasteiger partial charge in [-0.1, -0.05) is 17.7 Å². The van der Waals surface area contributed by atoms with Gasteiger partial charge >= 0.3 is 0 Å². The van der Waals surface area contributed by atoms with E-state index in [1.165, 1.54) is 28.3 Å². The molecule has 3 aromatic rings. The largest absolute Gasteiger partial charge is 0.324 e. The van der Waals surface area contributed by atoms with Gasteiger partial charge in [-0.3, -0.25) is 9.59 Å². The molecule has 1 saturated heterocycles. The standard InChI is InChI=1S/C20H17ClFN5O2/c1-12-2-4-15(8-16(12)22)26-9-13(6-19(26)28)20(29)25-17-7-14(21)3-5-18(17)27-11-23-10-24-27/h2-5,7-8,10-11,13H,6,9H2,1H3,(H,25,29). The zero-order chi connectivity index (χ0) is 20.5. The predicted molar refractivity (Wildman–Crippen MR) is 107 cm³/mol. The summed E-state index contributed by atoms with van der Waals surface area (Å²) in [6, 6.07) is 9.61. The van der Waals surface area contributed by atoms with Gasteiger partial charge in [0.05, 0.1) is 17.3 Å². The van der Waals surface area contributed by atoms with Crippen LogP contribution in [0, 0.1) is 18.7 Å². The van der Waals surface area contributed by atoms with Crippen molar-refractivity contribution >= 4 is 34.8 Å². The van der Waals surface area contributed by atoms with Gasteiger partial charge in [-0.25, -0.2) is 14.1 Å². The predicted octanol–water partition coefficient (Wildman–Crippen LogP) is 3.36. The molecule has 0 aliphatic carbocycles. The number of carbonyl (C=O) groups excluding carboxylic acids is 2. The fraction of sp³-hybridized carbons (Fsp3) is 0.200. The van der Waals surface area contributed by atoms with Crippen LogP contribution in [0.25, 0.3) is 5.69 Å². The molecular weight excluding hydrogens is 397 g/mol. The van der Waals surface area contributed by atoms with Crippen LogP contribution in [-0.4, -0.2) is 33.1 Å². The van der Waals surface area contributed by atoms with Gasteiger partial charge in [0, 0.05) is 23.7 Å². The van der Waals surface area contributed by atoms with Gasteiger partial charge in [-0.2, -0.15) is 5.10 Å². The van der Waals surface area contributed by atoms with Crippen LogP contribution in [0.3, 0.4) is 0 Å². The molecule has 0 spiro atoms. The number of nitrogens with one attached hydrogen (secondary N) is 1. The summed E-state index contributed by atoms with van der Waals surface area (Å²) in [6.07, 6.45) is 2.93. The van der Waals surface area contributed by atoms with Crippen molar-refractivity contribution in [2.24, 2.45) is 5.92 Å². The highest BCUT2D eigenvalue weighted by Crippen LogP contribution is 2.29. The van der Waals surface area contributed by atoms with E-state index < -0.39 is 5.92 Å². The summed E-state index contributed by atoms with van der Waals surface area (Å²) in [6.45, 7) is 1.82. The summed E-state index contributed by atoms with van der Waals surface area (Å²) in [5, 5.41) is 7.35. The van der Waals surface area contributed by atoms with E-state index in [9.17, 15) is 14.0 Å². The van der Waals surface area contributed by atoms with Crippen LogP contribution in [-0.2, 0) is 9.59 Å². The molecule has 1 atom stereocenters. The monoisotopic (exact) mass is 413 g/mol. The van der Waals surface area contributed by atoms with E-state index in [2.05, 4.69) is 15.4 Å². The molecule has 1 aliphatic heterocycles. The first-order chi connectivity index (χ1) is 13.9. The molecule has 1 N–H and O–H groups in total. The number of hydrogen-bond donors (Lipinski definition) is 1. The molecule has 0 bridgehead atoms. The van der Waals surface area contributed by atoms with E-state index in [0.717, 1.165) is 0 Å². The van der Waals surface area contributed by atoms with Crippen molar-refractivity contribution in [1.29, 1.82) is 0 Å². The number of anilines is 2. The summed E-state index contributed by atoms with van der Waals surface area (Å²) in [5.74, 6) is -1.51. The second-order valence-corrected chi connectivity index (χ2v) is 7.27. The Bertz CT molecular complexity index is 1090. The van der Waals surface area contributed by atoms with Crippen molar-refractivity contribution in [2.75, 3.05) is 16.8 Å². The molecule has 1 fully saturated rings. The van der Waals surface area contributed by atoms with Crippen molar-refractivity contribution in [3.05, 3.63) is 65.5 Å². The van der Waals surface area contributed by atoms with Crippen LogP contribution >= 0.6 is 11.6 Å². The summed E-state index contributed by atoms with van der Waals surface area (Å²) in [5.41, 5.74) is 2.00. The van der Waals surface area contributed by atoms with E-state index in [0.29, 0.717) is 27.6 Å². The number of rotatable bonds is 4. The smallest absolute Gasteiger partial charge is 0.229 e. The Morgan fingerprint density at radius 2 is 2.10 bits per heavy atom. The van der Waals surface area contributed by atoms with Gasteiger partial charge in [0.15, 0.2) is 0 Å². The molecule has 4 rings (SSSR count). The van der Waals surface area contributed by atoms with Crippen LogP contribution in [0.1, 0.15) is 12.0 Å². The molecule has 2 heterocycles. The highest BCUT2D eigenvalue weighted by atomic mass is 35.5. The summed E-state index contributed by atoms with van der Waals surface area (Å²) in [4.78, 5) is 30.6. The lowest BCUT2D eigenvalue weighted by Gasteiger charge is -2.18. The maximum absolute atomic E-state index is 13.9. The first-order valence-corrected chi connectivity index (χ1v) is 9.32. The highest BCUT2D eigenvalue weighted by molar-refractivity contribution is 6.31. The van der Waals surface area contributed by atoms with Gasteiger partial charge in [0.25, 0.3) is 0 Å². The molecule has 0 saturated carbocycles. The summed E-state index contributed by atoms with van der Waals surface area (Å²) < 4.78 is 15.4. The molecule has 29 heavy (non-hydrogen) atoms. The molecule has 9 heteroatoms. The summed E-state index contributed by atoms with van der Waals surface area (Å²) in [7, 11) is 0. The minimum atomic E-state index is -0.575. The van der Waals surface area contributed by atoms with E-state index in [1.807, 2.05) is 0 Å². The van der Waals surface area contributed by atoms with Gasteiger partial charge < -0.3 is 10.2 Å². The third kappa shape index (κ3) is 3.84. The Labute approximate surface area is 171 Å². The number of aryl methyl sites for hydroxylation is 1. The average molecular weight is 414 g/mol. The van der Waals surface area contributed by atoms with Crippen molar-refractivity contribution in [3.8, 4) is 5.69 Å². The number of hydrogen-bond acceptors (Lipinski definition) is 4. The maximum atomic E-state index is 13.9. The van der Waals surface area contributed by atoms with Gasteiger partial charge in [0.2, 0.25) is 11.8 Å². The van der Waals surface area contributed by atoms with Gasteiger partial charge in [-0.05, 0) is 42.8 Å². The number of aromatic nitrogens is 3. The van der Waals surface area contributed by atoms with Crippen molar-refractivity contribution < 1.29 is 14.0 Å². The first kappa shape index (κ1) is 19.1. The normalized spacial score (nSPS) is 16.3. The van der Waals surface area contributed by atoms with Crippen LogP contribution in [0.4, 0.5) is 15.8 Å². The molecule has 2 amide bonds. The Balaban J connectivity index is 1.54. The first-order valence-electron chi connectivity index (χ1n) is 8.94. The van der Waals surface area contributed by atoms with Crippen LogP contribution in [0.5, 0.6) is 0 Å². The van der Waals surface area contributed by atoms with Crippen LogP contribution < -0.4 is 10.2 Å². The second kappa shape index (κ2) is 7.63. The Morgan fingerprint density at radius 3 is 2.83 bits per heavy atom. The molecule has 0 radical (unpaired) electrons. The summed E-state index contributed by atoms with van der Waals surface area (Å²) >= 11 is 6.08. The Kier molecular flexibility index (Phi) is 5.02. The molecule has 1 aromatic heterocycles. The number of halogens is 2. The average Bonchev–Trinajstić information content (AvgIpc) is 3.34. The van der Waals surface area contributed by atoms with E-state index in [4.69, 9.17) is 11.6 Å². The topological polar surface area (TPSA) is 80.1 Å². The minimum Gasteiger partial charge on any atom is -0.324 e. The number of benzene rings is 2. The lowest BCUT2D eigenvalue weighted by Crippen LogP contribution is -2.28. The van der Waals surface area contributed by atoms with Crippen molar-refractivity contribution in [1.82, 2.24) is 14.8 Å². The minimum absolute atomic E-state index is 0.0422. The zero-order valence-electron chi connectivity index (χ0n) is 15.5. The lowest BCUT2D eigenvalue weighted by molar-refractivity contribution is -0.122. The van der Waals surface area contributed by atoms with Gasteiger partial charge in [0.1, 0.15) is 18.5 Å². The fourth-order valence-corrected chi connectivity index (χ4v) is 3.43. The third-order valence-corrected chi connectivity index (χ3v) is 5.08. The second-order valence-electron chi connectivity index (χ2n) is 6.83. The highest BCUT2D eigenvalue weighted by Gasteiger charge is 2.35. The Morgan fingerprint density at radius 1 is 1.28 bits per heavy atom. The maximum Gasteiger partial charge on any atom is 0.229 e. The van der Waals surface area contributed by atoms with E-state index in [-0.39, 0.29) is 30.6 Å². The van der Waals surface area contributed by atoms with Gasteiger partial charge in [-0.15, -0.1) is 0 Å². The lowest BCUT2D eigenvalue weighted by atomic mass is 10.1. The zero-order valence-corrected chi connectivity index (χ0v) is 16.2. The fourth-order valence-electron chi connectivity index (χ4n) is 3.26. The quantitative estimate of drug-likeness (QED) is 0.711.